The second-order valence-electron chi connectivity index (χ2n) is 3.74. The maximum Gasteiger partial charge on any atom is 0.260 e. The number of rotatable bonds is 1. The molecule has 0 radical (unpaired) electrons. The summed E-state index contributed by atoms with van der Waals surface area (Å²) >= 11 is 0. The maximum atomic E-state index is 12.8. The van der Waals surface area contributed by atoms with Crippen molar-refractivity contribution in [3.8, 4) is 0 Å². The number of hydrogen-bond donors (Lipinski definition) is 1. The molecule has 0 aromatic heterocycles. The summed E-state index contributed by atoms with van der Waals surface area (Å²) in [5.74, 6) is -2.52. The SMILES string of the molecule is FC1(F)CCC(c2ccccc2)NC1. The van der Waals surface area contributed by atoms with Crippen LogP contribution in [0.3, 0.4) is 0 Å². The Balaban J connectivity index is 2.03. The van der Waals surface area contributed by atoms with Crippen molar-refractivity contribution in [2.24, 2.45) is 0 Å². The van der Waals surface area contributed by atoms with Gasteiger partial charge in [-0.1, -0.05) is 30.3 Å². The standard InChI is InChI=1S/C11H13F2N/c12-11(13)7-6-10(14-8-11)9-4-2-1-3-5-9/h1-5,10,14H,6-8H2. The van der Waals surface area contributed by atoms with Gasteiger partial charge in [0.2, 0.25) is 0 Å². The average molecular weight is 197 g/mol. The van der Waals surface area contributed by atoms with E-state index in [2.05, 4.69) is 5.32 Å². The molecule has 1 fully saturated rings. The first-order valence-corrected chi connectivity index (χ1v) is 4.83. The smallest absolute Gasteiger partial charge is 0.260 e. The van der Waals surface area contributed by atoms with Gasteiger partial charge in [-0.2, -0.15) is 0 Å². The normalized spacial score (nSPS) is 26.0. The summed E-state index contributed by atoms with van der Waals surface area (Å²) in [6, 6.07) is 9.84. The van der Waals surface area contributed by atoms with Crippen LogP contribution in [-0.2, 0) is 0 Å². The van der Waals surface area contributed by atoms with Crippen molar-refractivity contribution in [1.29, 1.82) is 0 Å². The van der Waals surface area contributed by atoms with E-state index in [1.54, 1.807) is 0 Å². The lowest BCUT2D eigenvalue weighted by Gasteiger charge is -2.29. The Labute approximate surface area is 82.1 Å². The van der Waals surface area contributed by atoms with E-state index in [-0.39, 0.29) is 19.0 Å². The zero-order valence-electron chi connectivity index (χ0n) is 7.84. The zero-order valence-corrected chi connectivity index (χ0v) is 7.84. The second kappa shape index (κ2) is 3.65. The molecule has 1 aliphatic heterocycles. The molecular formula is C11H13F2N. The fourth-order valence-corrected chi connectivity index (χ4v) is 1.79. The quantitative estimate of drug-likeness (QED) is 0.730. The van der Waals surface area contributed by atoms with Gasteiger partial charge in [-0.3, -0.25) is 0 Å². The minimum Gasteiger partial charge on any atom is -0.304 e. The summed E-state index contributed by atoms with van der Waals surface area (Å²) in [6.07, 6.45) is 0.497. The van der Waals surface area contributed by atoms with E-state index >= 15 is 0 Å². The molecule has 1 aliphatic rings. The van der Waals surface area contributed by atoms with E-state index in [0.717, 1.165) is 5.56 Å². The summed E-state index contributed by atoms with van der Waals surface area (Å²) in [5.41, 5.74) is 1.10. The molecule has 1 N–H and O–H groups in total. The molecule has 0 spiro atoms. The molecule has 3 heteroatoms. The maximum absolute atomic E-state index is 12.8. The van der Waals surface area contributed by atoms with Gasteiger partial charge in [0.05, 0.1) is 6.54 Å². The van der Waals surface area contributed by atoms with Crippen molar-refractivity contribution < 1.29 is 8.78 Å². The van der Waals surface area contributed by atoms with Gasteiger partial charge in [0.1, 0.15) is 0 Å². The van der Waals surface area contributed by atoms with Crippen molar-refractivity contribution in [3.63, 3.8) is 0 Å². The molecule has 1 aromatic rings. The molecule has 76 valence electrons. The summed E-state index contributed by atoms with van der Waals surface area (Å²) in [7, 11) is 0. The monoisotopic (exact) mass is 197 g/mol. The van der Waals surface area contributed by atoms with Gasteiger partial charge in [-0.15, -0.1) is 0 Å². The Morgan fingerprint density at radius 2 is 1.93 bits per heavy atom. The largest absolute Gasteiger partial charge is 0.304 e. The first kappa shape index (κ1) is 9.59. The highest BCUT2D eigenvalue weighted by atomic mass is 19.3. The summed E-state index contributed by atoms with van der Waals surface area (Å²) in [6.45, 7) is -0.202. The third kappa shape index (κ3) is 2.10. The lowest BCUT2D eigenvalue weighted by molar-refractivity contribution is -0.0303. The Morgan fingerprint density at radius 3 is 2.50 bits per heavy atom. The Kier molecular flexibility index (Phi) is 2.50. The molecule has 1 nitrogen and oxygen atoms in total. The van der Waals surface area contributed by atoms with Crippen molar-refractivity contribution in [1.82, 2.24) is 5.32 Å². The summed E-state index contributed by atoms with van der Waals surface area (Å²) < 4.78 is 25.7. The number of benzene rings is 1. The number of nitrogens with one attached hydrogen (secondary N) is 1. The first-order chi connectivity index (χ1) is 6.67. The highest BCUT2D eigenvalue weighted by molar-refractivity contribution is 5.19. The Morgan fingerprint density at radius 1 is 1.21 bits per heavy atom. The van der Waals surface area contributed by atoms with E-state index in [0.29, 0.717) is 6.42 Å². The molecule has 0 amide bonds. The molecule has 1 saturated heterocycles. The fourth-order valence-electron chi connectivity index (χ4n) is 1.79. The van der Waals surface area contributed by atoms with Crippen LogP contribution in [0.5, 0.6) is 0 Å². The topological polar surface area (TPSA) is 12.0 Å². The minimum absolute atomic E-state index is 0.0143. The summed E-state index contributed by atoms with van der Waals surface area (Å²) in [5, 5.41) is 2.88. The second-order valence-corrected chi connectivity index (χ2v) is 3.74. The van der Waals surface area contributed by atoms with Gasteiger partial charge in [-0.05, 0) is 12.0 Å². The van der Waals surface area contributed by atoms with Crippen LogP contribution < -0.4 is 5.32 Å². The van der Waals surface area contributed by atoms with E-state index in [1.807, 2.05) is 30.3 Å². The van der Waals surface area contributed by atoms with Crippen molar-refractivity contribution in [3.05, 3.63) is 35.9 Å². The van der Waals surface area contributed by atoms with Crippen LogP contribution >= 0.6 is 0 Å². The molecule has 2 rings (SSSR count). The van der Waals surface area contributed by atoms with Crippen LogP contribution in [0.15, 0.2) is 30.3 Å². The Hall–Kier alpha value is -0.960. The molecule has 0 bridgehead atoms. The molecule has 14 heavy (non-hydrogen) atoms. The predicted octanol–water partition coefficient (Wildman–Crippen LogP) is 2.75. The van der Waals surface area contributed by atoms with Gasteiger partial charge in [0.15, 0.2) is 0 Å². The number of alkyl halides is 2. The van der Waals surface area contributed by atoms with E-state index in [1.165, 1.54) is 0 Å². The fraction of sp³-hybridized carbons (Fsp3) is 0.455. The molecular weight excluding hydrogens is 184 g/mol. The minimum atomic E-state index is -2.52. The average Bonchev–Trinajstić information content (AvgIpc) is 2.19. The van der Waals surface area contributed by atoms with Gasteiger partial charge in [0, 0.05) is 12.5 Å². The zero-order chi connectivity index (χ0) is 10.0. The van der Waals surface area contributed by atoms with Gasteiger partial charge >= 0.3 is 0 Å². The van der Waals surface area contributed by atoms with Gasteiger partial charge in [0.25, 0.3) is 5.92 Å². The number of piperidine rings is 1. The van der Waals surface area contributed by atoms with Crippen LogP contribution in [-0.4, -0.2) is 12.5 Å². The Bertz CT molecular complexity index is 287. The third-order valence-corrected chi connectivity index (χ3v) is 2.61. The lowest BCUT2D eigenvalue weighted by atomic mass is 9.96. The highest BCUT2D eigenvalue weighted by Crippen LogP contribution is 2.31. The molecule has 1 heterocycles. The van der Waals surface area contributed by atoms with Crippen LogP contribution in [0.4, 0.5) is 8.78 Å². The van der Waals surface area contributed by atoms with Crippen LogP contribution in [0.2, 0.25) is 0 Å². The van der Waals surface area contributed by atoms with Crippen molar-refractivity contribution in [2.75, 3.05) is 6.54 Å². The van der Waals surface area contributed by atoms with Crippen molar-refractivity contribution >= 4 is 0 Å². The third-order valence-electron chi connectivity index (χ3n) is 2.61. The molecule has 1 unspecified atom stereocenters. The lowest BCUT2D eigenvalue weighted by Crippen LogP contribution is -2.40. The van der Waals surface area contributed by atoms with Crippen LogP contribution in [0.1, 0.15) is 24.4 Å². The number of halogens is 2. The molecule has 1 atom stereocenters. The number of hydrogen-bond acceptors (Lipinski definition) is 1. The highest BCUT2D eigenvalue weighted by Gasteiger charge is 2.34. The molecule has 1 aromatic carbocycles. The van der Waals surface area contributed by atoms with Gasteiger partial charge in [-0.25, -0.2) is 8.78 Å². The predicted molar refractivity (Wildman–Crippen MR) is 51.4 cm³/mol. The van der Waals surface area contributed by atoms with E-state index in [4.69, 9.17) is 0 Å². The van der Waals surface area contributed by atoms with E-state index < -0.39 is 5.92 Å². The first-order valence-electron chi connectivity index (χ1n) is 4.83. The van der Waals surface area contributed by atoms with Crippen LogP contribution in [0, 0.1) is 0 Å². The van der Waals surface area contributed by atoms with Crippen molar-refractivity contribution in [2.45, 2.75) is 24.8 Å². The van der Waals surface area contributed by atoms with Gasteiger partial charge < -0.3 is 5.32 Å². The molecule has 0 saturated carbocycles. The van der Waals surface area contributed by atoms with Crippen LogP contribution in [0.25, 0.3) is 0 Å². The van der Waals surface area contributed by atoms with E-state index in [9.17, 15) is 8.78 Å². The summed E-state index contributed by atoms with van der Waals surface area (Å²) in [4.78, 5) is 0. The molecule has 0 aliphatic carbocycles.